The second-order valence-electron chi connectivity index (χ2n) is 4.02. The Kier molecular flexibility index (Phi) is 8.84. The average Bonchev–Trinajstić information content (AvgIpc) is 2.40. The molecule has 0 bridgehead atoms. The highest BCUT2D eigenvalue weighted by molar-refractivity contribution is 5.93. The molecule has 1 aromatic rings. The Morgan fingerprint density at radius 2 is 2.00 bits per heavy atom. The first-order valence-corrected chi connectivity index (χ1v) is 6.45. The molecule has 1 amide bonds. The number of pyridine rings is 1. The van der Waals surface area contributed by atoms with E-state index < -0.39 is 0 Å². The zero-order valence-corrected chi connectivity index (χ0v) is 12.2. The molecule has 0 saturated carbocycles. The number of nitrogens with zero attached hydrogens (tertiary/aromatic N) is 2. The first-order valence-electron chi connectivity index (χ1n) is 6.45. The Morgan fingerprint density at radius 3 is 2.44 bits per heavy atom. The predicted molar refractivity (Wildman–Crippen MR) is 75.9 cm³/mol. The molecule has 1 N–H and O–H groups in total. The number of aryl methyl sites for hydroxylation is 1. The van der Waals surface area contributed by atoms with Crippen LogP contribution in [0.25, 0.3) is 0 Å². The van der Waals surface area contributed by atoms with Gasteiger partial charge in [-0.05, 0) is 45.6 Å². The fourth-order valence-corrected chi connectivity index (χ4v) is 1.43. The van der Waals surface area contributed by atoms with Crippen LogP contribution in [0.1, 0.15) is 36.3 Å². The maximum Gasteiger partial charge on any atom is 0.252 e. The van der Waals surface area contributed by atoms with Crippen molar-refractivity contribution >= 4 is 5.91 Å². The molecule has 0 fully saturated rings. The minimum atomic E-state index is -0.0904. The van der Waals surface area contributed by atoms with E-state index in [0.29, 0.717) is 5.56 Å². The number of amides is 1. The zero-order chi connectivity index (χ0) is 14.0. The number of hydrogen-bond acceptors (Lipinski definition) is 3. The molecule has 0 unspecified atom stereocenters. The summed E-state index contributed by atoms with van der Waals surface area (Å²) in [7, 11) is 5.73. The van der Waals surface area contributed by atoms with Crippen LogP contribution < -0.4 is 5.32 Å². The highest BCUT2D eigenvalue weighted by atomic mass is 16.1. The van der Waals surface area contributed by atoms with Gasteiger partial charge < -0.3 is 10.2 Å². The third-order valence-corrected chi connectivity index (χ3v) is 2.35. The summed E-state index contributed by atoms with van der Waals surface area (Å²) in [4.78, 5) is 17.7. The molecule has 1 heterocycles. The van der Waals surface area contributed by atoms with Crippen molar-refractivity contribution in [2.75, 3.05) is 27.7 Å². The predicted octanol–water partition coefficient (Wildman–Crippen LogP) is 1.96. The van der Waals surface area contributed by atoms with Gasteiger partial charge in [-0.1, -0.05) is 13.8 Å². The molecule has 0 saturated heterocycles. The van der Waals surface area contributed by atoms with E-state index in [1.807, 2.05) is 26.0 Å². The maximum absolute atomic E-state index is 11.3. The molecule has 0 atom stereocenters. The summed E-state index contributed by atoms with van der Waals surface area (Å²) in [6.45, 7) is 5.05. The van der Waals surface area contributed by atoms with Crippen molar-refractivity contribution in [2.24, 2.45) is 0 Å². The van der Waals surface area contributed by atoms with Crippen molar-refractivity contribution in [1.29, 1.82) is 0 Å². The molecular formula is C14H25N3O. The molecule has 0 aliphatic rings. The smallest absolute Gasteiger partial charge is 0.252 e. The van der Waals surface area contributed by atoms with Crippen molar-refractivity contribution in [3.8, 4) is 0 Å². The highest BCUT2D eigenvalue weighted by Crippen LogP contribution is 2.03. The first-order chi connectivity index (χ1) is 8.63. The Balaban J connectivity index is 0.00000137. The fourth-order valence-electron chi connectivity index (χ4n) is 1.43. The second-order valence-corrected chi connectivity index (χ2v) is 4.02. The van der Waals surface area contributed by atoms with E-state index in [1.54, 1.807) is 13.2 Å². The van der Waals surface area contributed by atoms with Gasteiger partial charge in [0.25, 0.3) is 5.91 Å². The summed E-state index contributed by atoms with van der Waals surface area (Å²) in [5, 5.41) is 2.57. The maximum atomic E-state index is 11.3. The number of rotatable bonds is 5. The lowest BCUT2D eigenvalue weighted by Gasteiger charge is -2.08. The van der Waals surface area contributed by atoms with E-state index in [9.17, 15) is 4.79 Å². The van der Waals surface area contributed by atoms with Crippen molar-refractivity contribution < 1.29 is 4.79 Å². The molecule has 0 aromatic carbocycles. The van der Waals surface area contributed by atoms with Crippen LogP contribution in [0.2, 0.25) is 0 Å². The number of hydrogen-bond donors (Lipinski definition) is 1. The molecule has 4 heteroatoms. The Hall–Kier alpha value is -1.42. The standard InChI is InChI=1S/C12H19N3O.C2H6/c1-13-12(16)10-6-7-11(14-9-10)5-4-8-15(2)3;1-2/h6-7,9H,4-5,8H2,1-3H3,(H,13,16);1-2H3. The van der Waals surface area contributed by atoms with Crippen LogP contribution in [-0.4, -0.2) is 43.5 Å². The summed E-state index contributed by atoms with van der Waals surface area (Å²) in [6.07, 6.45) is 3.66. The monoisotopic (exact) mass is 251 g/mol. The molecule has 102 valence electrons. The van der Waals surface area contributed by atoms with E-state index in [1.165, 1.54) is 0 Å². The van der Waals surface area contributed by atoms with Gasteiger partial charge in [-0.25, -0.2) is 0 Å². The highest BCUT2D eigenvalue weighted by Gasteiger charge is 2.03. The minimum absolute atomic E-state index is 0.0904. The third kappa shape index (κ3) is 6.35. The molecule has 1 aromatic heterocycles. The van der Waals surface area contributed by atoms with Crippen molar-refractivity contribution in [3.63, 3.8) is 0 Å². The minimum Gasteiger partial charge on any atom is -0.355 e. The van der Waals surface area contributed by atoms with Gasteiger partial charge in [0, 0.05) is 18.9 Å². The van der Waals surface area contributed by atoms with Crippen molar-refractivity contribution in [2.45, 2.75) is 26.7 Å². The zero-order valence-electron chi connectivity index (χ0n) is 12.2. The van der Waals surface area contributed by atoms with Gasteiger partial charge in [-0.2, -0.15) is 0 Å². The Bertz CT molecular complexity index is 333. The van der Waals surface area contributed by atoms with Crippen LogP contribution in [-0.2, 0) is 6.42 Å². The topological polar surface area (TPSA) is 45.2 Å². The van der Waals surface area contributed by atoms with Crippen LogP contribution >= 0.6 is 0 Å². The van der Waals surface area contributed by atoms with Crippen LogP contribution in [0, 0.1) is 0 Å². The van der Waals surface area contributed by atoms with Gasteiger partial charge in [0.05, 0.1) is 5.56 Å². The largest absolute Gasteiger partial charge is 0.355 e. The fraction of sp³-hybridized carbons (Fsp3) is 0.571. The van der Waals surface area contributed by atoms with Crippen LogP contribution in [0.5, 0.6) is 0 Å². The number of carbonyl (C=O) groups is 1. The molecule has 1 rings (SSSR count). The molecule has 0 spiro atoms. The summed E-state index contributed by atoms with van der Waals surface area (Å²) < 4.78 is 0. The van der Waals surface area contributed by atoms with Crippen LogP contribution in [0.3, 0.4) is 0 Å². The quantitative estimate of drug-likeness (QED) is 0.870. The van der Waals surface area contributed by atoms with E-state index >= 15 is 0 Å². The summed E-state index contributed by atoms with van der Waals surface area (Å²) in [5.41, 5.74) is 1.65. The molecule has 0 aliphatic carbocycles. The van der Waals surface area contributed by atoms with E-state index in [-0.39, 0.29) is 5.91 Å². The average molecular weight is 251 g/mol. The summed E-state index contributed by atoms with van der Waals surface area (Å²) >= 11 is 0. The van der Waals surface area contributed by atoms with Gasteiger partial charge in [0.1, 0.15) is 0 Å². The second kappa shape index (κ2) is 9.59. The van der Waals surface area contributed by atoms with Gasteiger partial charge in [-0.15, -0.1) is 0 Å². The molecular weight excluding hydrogens is 226 g/mol. The molecule has 0 aliphatic heterocycles. The first kappa shape index (κ1) is 16.6. The van der Waals surface area contributed by atoms with Gasteiger partial charge in [-0.3, -0.25) is 9.78 Å². The van der Waals surface area contributed by atoms with Crippen LogP contribution in [0.4, 0.5) is 0 Å². The van der Waals surface area contributed by atoms with Crippen molar-refractivity contribution in [1.82, 2.24) is 15.2 Å². The normalized spacial score (nSPS) is 9.67. The van der Waals surface area contributed by atoms with Gasteiger partial charge in [0.2, 0.25) is 0 Å². The van der Waals surface area contributed by atoms with E-state index in [0.717, 1.165) is 25.1 Å². The number of aromatic nitrogens is 1. The lowest BCUT2D eigenvalue weighted by Crippen LogP contribution is -2.18. The van der Waals surface area contributed by atoms with Crippen molar-refractivity contribution in [3.05, 3.63) is 29.6 Å². The van der Waals surface area contributed by atoms with E-state index in [4.69, 9.17) is 0 Å². The van der Waals surface area contributed by atoms with Gasteiger partial charge in [0.15, 0.2) is 0 Å². The Labute approximate surface area is 110 Å². The molecule has 0 radical (unpaired) electrons. The lowest BCUT2D eigenvalue weighted by molar-refractivity contribution is 0.0962. The van der Waals surface area contributed by atoms with Gasteiger partial charge >= 0.3 is 0 Å². The third-order valence-electron chi connectivity index (χ3n) is 2.35. The summed E-state index contributed by atoms with van der Waals surface area (Å²) in [5.74, 6) is -0.0904. The number of nitrogens with one attached hydrogen (secondary N) is 1. The Morgan fingerprint density at radius 1 is 1.33 bits per heavy atom. The number of carbonyl (C=O) groups excluding carboxylic acids is 1. The van der Waals surface area contributed by atoms with E-state index in [2.05, 4.69) is 29.3 Å². The molecule has 18 heavy (non-hydrogen) atoms. The lowest BCUT2D eigenvalue weighted by atomic mass is 10.2. The molecule has 4 nitrogen and oxygen atoms in total. The summed E-state index contributed by atoms with van der Waals surface area (Å²) in [6, 6.07) is 3.73. The SMILES string of the molecule is CC.CNC(=O)c1ccc(CCCN(C)C)nc1. The van der Waals surface area contributed by atoms with Crippen LogP contribution in [0.15, 0.2) is 18.3 Å².